The van der Waals surface area contributed by atoms with E-state index in [-0.39, 0.29) is 17.9 Å². The SMILES string of the molecule is CCCNC(=O)CCCC(=O)NC[C@@H](C)NCC. The topological polar surface area (TPSA) is 70.2 Å². The summed E-state index contributed by atoms with van der Waals surface area (Å²) in [5.74, 6) is 0.0497. The third-order valence-corrected chi connectivity index (χ3v) is 2.54. The van der Waals surface area contributed by atoms with Crippen molar-refractivity contribution >= 4 is 11.8 Å². The van der Waals surface area contributed by atoms with Crippen molar-refractivity contribution in [3.8, 4) is 0 Å². The highest BCUT2D eigenvalue weighted by atomic mass is 16.2. The summed E-state index contributed by atoms with van der Waals surface area (Å²) >= 11 is 0. The largest absolute Gasteiger partial charge is 0.356 e. The average Bonchev–Trinajstić information content (AvgIpc) is 2.34. The summed E-state index contributed by atoms with van der Waals surface area (Å²) in [5, 5.41) is 8.86. The minimum atomic E-state index is 0.0167. The first-order valence-corrected chi connectivity index (χ1v) is 6.86. The van der Waals surface area contributed by atoms with Gasteiger partial charge in [0.1, 0.15) is 0 Å². The van der Waals surface area contributed by atoms with Gasteiger partial charge in [0.25, 0.3) is 0 Å². The monoisotopic (exact) mass is 257 g/mol. The van der Waals surface area contributed by atoms with E-state index in [0.29, 0.717) is 32.4 Å². The normalized spacial score (nSPS) is 11.9. The van der Waals surface area contributed by atoms with E-state index in [4.69, 9.17) is 0 Å². The molecule has 0 unspecified atom stereocenters. The van der Waals surface area contributed by atoms with Crippen molar-refractivity contribution in [2.75, 3.05) is 19.6 Å². The lowest BCUT2D eigenvalue weighted by Crippen LogP contribution is -2.38. The van der Waals surface area contributed by atoms with Gasteiger partial charge >= 0.3 is 0 Å². The van der Waals surface area contributed by atoms with Crippen LogP contribution in [-0.4, -0.2) is 37.5 Å². The number of amides is 2. The van der Waals surface area contributed by atoms with Gasteiger partial charge in [-0.25, -0.2) is 0 Å². The molecule has 0 heterocycles. The number of hydrogen-bond acceptors (Lipinski definition) is 3. The zero-order valence-electron chi connectivity index (χ0n) is 11.8. The Morgan fingerprint density at radius 3 is 2.22 bits per heavy atom. The minimum Gasteiger partial charge on any atom is -0.356 e. The summed E-state index contributed by atoms with van der Waals surface area (Å²) in [6.45, 7) is 8.32. The number of nitrogens with one attached hydrogen (secondary N) is 3. The second kappa shape index (κ2) is 11.0. The quantitative estimate of drug-likeness (QED) is 0.542. The predicted octanol–water partition coefficient (Wildman–Crippen LogP) is 0.797. The van der Waals surface area contributed by atoms with Crippen molar-refractivity contribution in [2.24, 2.45) is 0 Å². The maximum Gasteiger partial charge on any atom is 0.220 e. The van der Waals surface area contributed by atoms with E-state index in [1.165, 1.54) is 0 Å². The first-order chi connectivity index (χ1) is 8.60. The average molecular weight is 257 g/mol. The fraction of sp³-hybridized carbons (Fsp3) is 0.846. The van der Waals surface area contributed by atoms with Gasteiger partial charge in [-0.1, -0.05) is 13.8 Å². The fourth-order valence-electron chi connectivity index (χ4n) is 1.54. The summed E-state index contributed by atoms with van der Waals surface area (Å²) < 4.78 is 0. The van der Waals surface area contributed by atoms with Crippen LogP contribution in [0.15, 0.2) is 0 Å². The van der Waals surface area contributed by atoms with E-state index in [1.807, 2.05) is 20.8 Å². The van der Waals surface area contributed by atoms with Crippen LogP contribution in [0.1, 0.15) is 46.5 Å². The van der Waals surface area contributed by atoms with Crippen molar-refractivity contribution < 1.29 is 9.59 Å². The highest BCUT2D eigenvalue weighted by Crippen LogP contribution is 1.95. The summed E-state index contributed by atoms with van der Waals surface area (Å²) in [7, 11) is 0. The van der Waals surface area contributed by atoms with Crippen LogP contribution >= 0.6 is 0 Å². The molecule has 0 bridgehead atoms. The molecule has 0 aliphatic heterocycles. The standard InChI is InChI=1S/C13H27N3O2/c1-4-9-15-12(17)7-6-8-13(18)16-10-11(3)14-5-2/h11,14H,4-10H2,1-3H3,(H,15,17)(H,16,18)/t11-/m1/s1. The molecule has 0 aromatic carbocycles. The highest BCUT2D eigenvalue weighted by Gasteiger charge is 2.06. The maximum absolute atomic E-state index is 11.5. The molecule has 0 saturated carbocycles. The van der Waals surface area contributed by atoms with E-state index in [0.717, 1.165) is 13.0 Å². The molecule has 0 saturated heterocycles. The molecule has 3 N–H and O–H groups in total. The van der Waals surface area contributed by atoms with Gasteiger partial charge in [-0.2, -0.15) is 0 Å². The van der Waals surface area contributed by atoms with Gasteiger partial charge in [0.15, 0.2) is 0 Å². The van der Waals surface area contributed by atoms with E-state index < -0.39 is 0 Å². The molecule has 106 valence electrons. The molecule has 1 atom stereocenters. The summed E-state index contributed by atoms with van der Waals surface area (Å²) in [5.41, 5.74) is 0. The Hall–Kier alpha value is -1.10. The Labute approximate surface area is 110 Å². The highest BCUT2D eigenvalue weighted by molar-refractivity contribution is 5.78. The molecule has 0 radical (unpaired) electrons. The summed E-state index contributed by atoms with van der Waals surface area (Å²) in [6, 6.07) is 0.284. The Kier molecular flexibility index (Phi) is 10.3. The Balaban J connectivity index is 3.50. The van der Waals surface area contributed by atoms with E-state index in [2.05, 4.69) is 16.0 Å². The van der Waals surface area contributed by atoms with Gasteiger partial charge in [0.2, 0.25) is 11.8 Å². The zero-order chi connectivity index (χ0) is 13.8. The van der Waals surface area contributed by atoms with Crippen molar-refractivity contribution in [3.05, 3.63) is 0 Å². The van der Waals surface area contributed by atoms with E-state index in [9.17, 15) is 9.59 Å². The third kappa shape index (κ3) is 10.1. The molecule has 5 nitrogen and oxygen atoms in total. The minimum absolute atomic E-state index is 0.0167. The molecule has 0 aliphatic rings. The van der Waals surface area contributed by atoms with Crippen molar-refractivity contribution in [1.29, 1.82) is 0 Å². The molecule has 0 spiro atoms. The van der Waals surface area contributed by atoms with Crippen molar-refractivity contribution in [2.45, 2.75) is 52.5 Å². The van der Waals surface area contributed by atoms with Crippen LogP contribution in [0.4, 0.5) is 0 Å². The molecule has 18 heavy (non-hydrogen) atoms. The second-order valence-corrected chi connectivity index (χ2v) is 4.47. The smallest absolute Gasteiger partial charge is 0.220 e. The number of hydrogen-bond donors (Lipinski definition) is 3. The van der Waals surface area contributed by atoms with Crippen LogP contribution in [-0.2, 0) is 9.59 Å². The van der Waals surface area contributed by atoms with Crippen LogP contribution in [0.25, 0.3) is 0 Å². The molecular formula is C13H27N3O2. The molecule has 0 aromatic rings. The van der Waals surface area contributed by atoms with E-state index >= 15 is 0 Å². The van der Waals surface area contributed by atoms with Gasteiger partial charge in [-0.05, 0) is 26.3 Å². The lowest BCUT2D eigenvalue weighted by atomic mass is 10.2. The van der Waals surface area contributed by atoms with E-state index in [1.54, 1.807) is 0 Å². The van der Waals surface area contributed by atoms with Gasteiger partial charge in [0.05, 0.1) is 0 Å². The lowest BCUT2D eigenvalue weighted by molar-refractivity contribution is -0.122. The van der Waals surface area contributed by atoms with Crippen molar-refractivity contribution in [1.82, 2.24) is 16.0 Å². The fourth-order valence-corrected chi connectivity index (χ4v) is 1.54. The number of carbonyl (C=O) groups is 2. The predicted molar refractivity (Wildman–Crippen MR) is 73.3 cm³/mol. The maximum atomic E-state index is 11.5. The third-order valence-electron chi connectivity index (χ3n) is 2.54. The molecule has 5 heteroatoms. The second-order valence-electron chi connectivity index (χ2n) is 4.47. The first kappa shape index (κ1) is 16.9. The van der Waals surface area contributed by atoms with Crippen LogP contribution in [0.5, 0.6) is 0 Å². The van der Waals surface area contributed by atoms with Gasteiger partial charge in [-0.3, -0.25) is 9.59 Å². The molecule has 0 aromatic heterocycles. The van der Waals surface area contributed by atoms with Gasteiger partial charge < -0.3 is 16.0 Å². The van der Waals surface area contributed by atoms with Crippen LogP contribution < -0.4 is 16.0 Å². The Morgan fingerprint density at radius 2 is 1.67 bits per heavy atom. The van der Waals surface area contributed by atoms with Crippen LogP contribution in [0.3, 0.4) is 0 Å². The van der Waals surface area contributed by atoms with Gasteiger partial charge in [0, 0.05) is 32.0 Å². The summed E-state index contributed by atoms with van der Waals surface area (Å²) in [4.78, 5) is 22.8. The molecule has 0 rings (SSSR count). The Morgan fingerprint density at radius 1 is 1.06 bits per heavy atom. The molecule has 0 fully saturated rings. The molecule has 0 aliphatic carbocycles. The van der Waals surface area contributed by atoms with Crippen molar-refractivity contribution in [3.63, 3.8) is 0 Å². The van der Waals surface area contributed by atoms with Gasteiger partial charge in [-0.15, -0.1) is 0 Å². The Bertz CT molecular complexity index is 244. The zero-order valence-corrected chi connectivity index (χ0v) is 11.8. The number of rotatable bonds is 10. The number of likely N-dealkylation sites (N-methyl/N-ethyl adjacent to an activating group) is 1. The first-order valence-electron chi connectivity index (χ1n) is 6.86. The van der Waals surface area contributed by atoms with Crippen LogP contribution in [0, 0.1) is 0 Å². The summed E-state index contributed by atoms with van der Waals surface area (Å²) in [6.07, 6.45) is 2.39. The lowest BCUT2D eigenvalue weighted by Gasteiger charge is -2.13. The van der Waals surface area contributed by atoms with Crippen LogP contribution in [0.2, 0.25) is 0 Å². The number of carbonyl (C=O) groups excluding carboxylic acids is 2. The molecular weight excluding hydrogens is 230 g/mol. The molecule has 2 amide bonds.